The van der Waals surface area contributed by atoms with Crippen molar-refractivity contribution < 1.29 is 42.3 Å². The number of nitro groups is 1. The van der Waals surface area contributed by atoms with Gasteiger partial charge in [0.15, 0.2) is 28.2 Å². The van der Waals surface area contributed by atoms with E-state index in [1.165, 1.54) is 37.2 Å². The molecule has 4 fully saturated rings. The van der Waals surface area contributed by atoms with Crippen LogP contribution in [-0.2, 0) is 40.9 Å². The number of aromatic nitrogens is 8. The summed E-state index contributed by atoms with van der Waals surface area (Å²) in [5.41, 5.74) is 9.48. The Morgan fingerprint density at radius 3 is 1.50 bits per heavy atom. The van der Waals surface area contributed by atoms with Crippen molar-refractivity contribution in [1.29, 1.82) is 0 Å². The van der Waals surface area contributed by atoms with E-state index >= 15 is 0 Å². The summed E-state index contributed by atoms with van der Waals surface area (Å²) in [4.78, 5) is 55.0. The summed E-state index contributed by atoms with van der Waals surface area (Å²) in [5, 5.41) is 27.3. The molecule has 2 aliphatic heterocycles. The first-order chi connectivity index (χ1) is 39.4. The van der Waals surface area contributed by atoms with Crippen LogP contribution in [0.25, 0.3) is 0 Å². The number of carbonyl (C=O) groups is 2. The van der Waals surface area contributed by atoms with Crippen LogP contribution >= 0.6 is 0 Å². The molecule has 0 radical (unpaired) electrons. The van der Waals surface area contributed by atoms with E-state index in [-0.39, 0.29) is 87.9 Å². The molecule has 450 valence electrons. The van der Waals surface area contributed by atoms with E-state index in [1.807, 2.05) is 52.0 Å². The second kappa shape index (κ2) is 24.0. The van der Waals surface area contributed by atoms with Gasteiger partial charge in [0.25, 0.3) is 5.69 Å². The number of carbonyl (C=O) groups excluding carboxylic acids is 2. The van der Waals surface area contributed by atoms with Gasteiger partial charge in [-0.25, -0.2) is 19.9 Å². The lowest BCUT2D eigenvalue weighted by atomic mass is 10.1. The summed E-state index contributed by atoms with van der Waals surface area (Å²) >= 11 is 0. The third kappa shape index (κ3) is 14.2. The molecule has 10 rings (SSSR count). The highest BCUT2D eigenvalue weighted by Crippen LogP contribution is 2.46. The minimum atomic E-state index is -1.96. The molecule has 0 unspecified atom stereocenters. The molecule has 0 spiro atoms. The molecule has 84 heavy (non-hydrogen) atoms. The zero-order valence-corrected chi connectivity index (χ0v) is 52.8. The van der Waals surface area contributed by atoms with Gasteiger partial charge in [0.1, 0.15) is 47.9 Å². The summed E-state index contributed by atoms with van der Waals surface area (Å²) in [6, 6.07) is 17.0. The highest BCUT2D eigenvalue weighted by molar-refractivity contribution is 6.74. The molecule has 2 aromatic carbocycles. The van der Waals surface area contributed by atoms with Crippen molar-refractivity contribution in [3.8, 4) is 0 Å². The second-order valence-electron chi connectivity index (χ2n) is 26.5. The average Bonchev–Trinajstić information content (AvgIpc) is 2.20. The molecular weight excluding hydrogens is 1100 g/mol. The quantitative estimate of drug-likeness (QED) is 0.0224. The Morgan fingerprint density at radius 2 is 1.08 bits per heavy atom. The predicted molar refractivity (Wildman–Crippen MR) is 323 cm³/mol. The lowest BCUT2D eigenvalue weighted by Gasteiger charge is -2.37. The van der Waals surface area contributed by atoms with Gasteiger partial charge in [0, 0.05) is 67.7 Å². The summed E-state index contributed by atoms with van der Waals surface area (Å²) in [5.74, 6) is -0.907. The fourth-order valence-electron chi connectivity index (χ4n) is 10.7. The molecule has 6 aromatic rings. The highest BCUT2D eigenvalue weighted by Gasteiger charge is 2.56. The van der Waals surface area contributed by atoms with Crippen LogP contribution in [0.3, 0.4) is 0 Å². The largest absolute Gasteiger partial charge is 0.416 e. The minimum Gasteiger partial charge on any atom is -0.416 e. The Kier molecular flexibility index (Phi) is 17.7. The van der Waals surface area contributed by atoms with E-state index in [1.54, 1.807) is 46.0 Å². The number of nitrogens with zero attached hydrogens (tertiary/aromatic N) is 9. The number of nitrogens with one attached hydrogen (secondary N) is 2. The Balaban J connectivity index is 0.000000202. The summed E-state index contributed by atoms with van der Waals surface area (Å²) in [6.45, 7) is 32.1. The van der Waals surface area contributed by atoms with Gasteiger partial charge in [-0.1, -0.05) is 65.8 Å². The average molecular weight is 1190 g/mol. The van der Waals surface area contributed by atoms with Crippen molar-refractivity contribution in [2.45, 2.75) is 180 Å². The van der Waals surface area contributed by atoms with Crippen LogP contribution in [0.5, 0.6) is 0 Å². The number of non-ortho nitro benzene ring substituents is 1. The fourth-order valence-corrected chi connectivity index (χ4v) is 12.8. The second-order valence-corrected chi connectivity index (χ2v) is 36.1. The molecule has 4 aliphatic rings. The Labute approximate surface area is 493 Å². The van der Waals surface area contributed by atoms with Crippen molar-refractivity contribution in [2.24, 2.45) is 11.8 Å². The van der Waals surface area contributed by atoms with Gasteiger partial charge in [-0.2, -0.15) is 10.2 Å². The van der Waals surface area contributed by atoms with E-state index < -0.39 is 33.1 Å². The smallest absolute Gasteiger partial charge is 0.269 e. The number of nitro benzene ring substituents is 1. The summed E-state index contributed by atoms with van der Waals surface area (Å²) < 4.78 is 41.9. The van der Waals surface area contributed by atoms with Gasteiger partial charge in [-0.3, -0.25) is 29.1 Å². The van der Waals surface area contributed by atoms with Gasteiger partial charge in [0.2, 0.25) is 11.6 Å². The zero-order chi connectivity index (χ0) is 60.7. The summed E-state index contributed by atoms with van der Waals surface area (Å²) in [6.07, 6.45) is 10.1. The number of benzene rings is 2. The molecule has 4 aromatic heterocycles. The number of ketones is 2. The Hall–Kier alpha value is -6.65. The van der Waals surface area contributed by atoms with Crippen molar-refractivity contribution in [2.75, 3.05) is 29.6 Å². The van der Waals surface area contributed by atoms with Crippen LogP contribution in [0.4, 0.5) is 23.0 Å². The van der Waals surface area contributed by atoms with Gasteiger partial charge >= 0.3 is 0 Å². The first kappa shape index (κ1) is 61.9. The third-order valence-corrected chi connectivity index (χ3v) is 26.2. The maximum Gasteiger partial charge on any atom is 0.269 e. The number of rotatable bonds is 19. The molecule has 4 N–H and O–H groups in total. The first-order valence-corrected chi connectivity index (χ1v) is 34.5. The standard InChI is InChI=1S/C30H40N6O6Si.C30H42N6O4Si/c1-29(2,3)43(6,7)40-17-20-14-24(27-26(20)41-30(4,5)42-27)33-28-22(15-31-18-32-28)25(37)23-11-12-35(34-23)16-19-9-8-10-21(13-19)36(38)39;1-29(2,3)41(6,7)38-17-20-14-24(27-26(20)39-30(4,5)40-27)34-28-22(15-32-18-33-28)25(37)23-11-12-36(35-23)16-19-9-8-10-21(31)13-19/h8-13,15,18,20,24,26-27H,14,16-17H2,1-7H3,(H,31,32,33);8-13,15,18,20,24,26-27H,14,16-17,31H2,1-7H3,(H,32,33,34)/t2*20-,24-,26-,27+/m11/s1. The van der Waals surface area contributed by atoms with E-state index in [0.717, 1.165) is 18.4 Å². The van der Waals surface area contributed by atoms with E-state index in [2.05, 4.69) is 108 Å². The first-order valence-electron chi connectivity index (χ1n) is 28.7. The van der Waals surface area contributed by atoms with Crippen molar-refractivity contribution >= 4 is 51.2 Å². The van der Waals surface area contributed by atoms with Gasteiger partial charge in [-0.05, 0) is 112 Å². The molecule has 0 bridgehead atoms. The molecule has 8 atom stereocenters. The topological polar surface area (TPSA) is 270 Å². The number of anilines is 3. The van der Waals surface area contributed by atoms with Crippen LogP contribution in [0.15, 0.2) is 98.1 Å². The van der Waals surface area contributed by atoms with E-state index in [9.17, 15) is 19.7 Å². The van der Waals surface area contributed by atoms with Crippen LogP contribution in [0, 0.1) is 22.0 Å². The van der Waals surface area contributed by atoms with Crippen molar-refractivity contribution in [3.63, 3.8) is 0 Å². The zero-order valence-electron chi connectivity index (χ0n) is 50.8. The van der Waals surface area contributed by atoms with E-state index in [0.29, 0.717) is 59.5 Å². The van der Waals surface area contributed by atoms with Crippen LogP contribution in [-0.4, -0.2) is 134 Å². The molecule has 2 saturated heterocycles. The van der Waals surface area contributed by atoms with Crippen LogP contribution < -0.4 is 16.4 Å². The SMILES string of the molecule is CC1(C)O[C@@H]2[C@@H](CO[Si](C)(C)C(C)(C)C)C[C@@H](Nc3ncncc3C(=O)c3ccn(Cc4cccc(N)c4)n3)[C@@H]2O1.CC1(C)O[C@@H]2[C@@H](CO[Si](C)(C)C(C)(C)C)C[C@@H](Nc3ncncc3C(=O)c3ccn(Cc4cccc([N+](=O)[O-])c4)n3)[C@@H]2O1. The van der Waals surface area contributed by atoms with Gasteiger partial charge < -0.3 is 44.2 Å². The van der Waals surface area contributed by atoms with Crippen LogP contribution in [0.1, 0.15) is 125 Å². The predicted octanol–water partition coefficient (Wildman–Crippen LogP) is 10.1. The van der Waals surface area contributed by atoms with Gasteiger partial charge in [-0.15, -0.1) is 0 Å². The Morgan fingerprint density at radius 1 is 0.667 bits per heavy atom. The minimum absolute atomic E-state index is 0.00100. The van der Waals surface area contributed by atoms with Crippen LogP contribution in [0.2, 0.25) is 36.3 Å². The number of fused-ring (bicyclic) bond motifs is 2. The molecular formula is C60H82N12O10Si2. The highest BCUT2D eigenvalue weighted by atomic mass is 28.4. The summed E-state index contributed by atoms with van der Waals surface area (Å²) in [7, 11) is -3.89. The molecule has 0 amide bonds. The number of ether oxygens (including phenoxy) is 4. The Bertz CT molecular complexity index is 3340. The molecule has 24 heteroatoms. The lowest BCUT2D eigenvalue weighted by Crippen LogP contribution is -2.43. The van der Waals surface area contributed by atoms with E-state index in [4.69, 9.17) is 33.5 Å². The maximum absolute atomic E-state index is 13.6. The van der Waals surface area contributed by atoms with Gasteiger partial charge in [0.05, 0.1) is 53.4 Å². The molecule has 2 aliphatic carbocycles. The number of hydrogen-bond acceptors (Lipinski definition) is 19. The van der Waals surface area contributed by atoms with Crippen molar-refractivity contribution in [1.82, 2.24) is 39.5 Å². The molecule has 2 saturated carbocycles. The lowest BCUT2D eigenvalue weighted by molar-refractivity contribution is -0.384. The third-order valence-electron chi connectivity index (χ3n) is 17.2. The fraction of sp³-hybridized carbons (Fsp3) is 0.533. The number of hydrogen-bond donors (Lipinski definition) is 3. The number of nitrogens with two attached hydrogens (primary N) is 1. The van der Waals surface area contributed by atoms with Crippen molar-refractivity contribution in [3.05, 3.63) is 142 Å². The maximum atomic E-state index is 13.6. The monoisotopic (exact) mass is 1190 g/mol. The number of nitrogen functional groups attached to an aromatic ring is 1. The molecule has 22 nitrogen and oxygen atoms in total. The molecule has 6 heterocycles. The normalized spacial score (nSPS) is 23.5.